The van der Waals surface area contributed by atoms with E-state index in [4.69, 9.17) is 0 Å². The molecule has 0 aliphatic heterocycles. The Morgan fingerprint density at radius 1 is 1.12 bits per heavy atom. The van der Waals surface area contributed by atoms with E-state index in [1.54, 1.807) is 0 Å². The molecule has 0 aliphatic carbocycles. The number of para-hydroxylation sites is 1. The SMILES string of the molecule is CCCNC(CC)CN(CC)c1ccccc1. The summed E-state index contributed by atoms with van der Waals surface area (Å²) < 4.78 is 0. The number of likely N-dealkylation sites (N-methyl/N-ethyl adjacent to an activating group) is 1. The van der Waals surface area contributed by atoms with Crippen LogP contribution in [0.4, 0.5) is 5.69 Å². The van der Waals surface area contributed by atoms with Gasteiger partial charge in [-0.25, -0.2) is 0 Å². The summed E-state index contributed by atoms with van der Waals surface area (Å²) in [5, 5.41) is 3.61. The van der Waals surface area contributed by atoms with Crippen molar-refractivity contribution < 1.29 is 0 Å². The molecule has 0 heterocycles. The van der Waals surface area contributed by atoms with Crippen LogP contribution in [0, 0.1) is 0 Å². The number of rotatable bonds is 8. The van der Waals surface area contributed by atoms with Gasteiger partial charge in [0.2, 0.25) is 0 Å². The molecule has 0 bridgehead atoms. The standard InChI is InChI=1S/C15H26N2/c1-4-12-16-14(5-2)13-17(6-3)15-10-8-7-9-11-15/h7-11,14,16H,4-6,12-13H2,1-3H3. The van der Waals surface area contributed by atoms with Crippen molar-refractivity contribution in [2.24, 2.45) is 0 Å². The summed E-state index contributed by atoms with van der Waals surface area (Å²) in [5.41, 5.74) is 1.33. The van der Waals surface area contributed by atoms with E-state index in [0.717, 1.165) is 19.6 Å². The van der Waals surface area contributed by atoms with E-state index in [9.17, 15) is 0 Å². The average Bonchev–Trinajstić information content (AvgIpc) is 2.40. The number of hydrogen-bond acceptors (Lipinski definition) is 2. The van der Waals surface area contributed by atoms with Crippen LogP contribution in [-0.2, 0) is 0 Å². The number of benzene rings is 1. The Bertz CT molecular complexity index is 284. The van der Waals surface area contributed by atoms with Crippen LogP contribution in [0.5, 0.6) is 0 Å². The molecule has 0 radical (unpaired) electrons. The largest absolute Gasteiger partial charge is 0.370 e. The summed E-state index contributed by atoms with van der Waals surface area (Å²) in [6.45, 7) is 9.97. The van der Waals surface area contributed by atoms with E-state index in [2.05, 4.69) is 61.3 Å². The zero-order valence-corrected chi connectivity index (χ0v) is 11.4. The molecule has 1 N–H and O–H groups in total. The third-order valence-electron chi connectivity index (χ3n) is 3.12. The van der Waals surface area contributed by atoms with Gasteiger partial charge >= 0.3 is 0 Å². The molecule has 1 rings (SSSR count). The first-order valence-electron chi connectivity index (χ1n) is 6.85. The van der Waals surface area contributed by atoms with Crippen molar-refractivity contribution in [2.45, 2.75) is 39.7 Å². The summed E-state index contributed by atoms with van der Waals surface area (Å²) in [7, 11) is 0. The molecule has 1 atom stereocenters. The average molecular weight is 234 g/mol. The predicted molar refractivity (Wildman–Crippen MR) is 76.7 cm³/mol. The van der Waals surface area contributed by atoms with Crippen molar-refractivity contribution in [3.05, 3.63) is 30.3 Å². The molecule has 1 aromatic carbocycles. The van der Waals surface area contributed by atoms with Crippen LogP contribution in [0.1, 0.15) is 33.6 Å². The van der Waals surface area contributed by atoms with Gasteiger partial charge in [0.1, 0.15) is 0 Å². The molecule has 2 nitrogen and oxygen atoms in total. The summed E-state index contributed by atoms with van der Waals surface area (Å²) in [4.78, 5) is 2.44. The van der Waals surface area contributed by atoms with Crippen LogP contribution in [0.25, 0.3) is 0 Å². The van der Waals surface area contributed by atoms with Gasteiger partial charge in [-0.1, -0.05) is 32.0 Å². The van der Waals surface area contributed by atoms with Gasteiger partial charge in [-0.2, -0.15) is 0 Å². The lowest BCUT2D eigenvalue weighted by Crippen LogP contribution is -2.41. The number of nitrogens with one attached hydrogen (secondary N) is 1. The lowest BCUT2D eigenvalue weighted by Gasteiger charge is -2.28. The van der Waals surface area contributed by atoms with E-state index in [1.165, 1.54) is 18.5 Å². The first kappa shape index (κ1) is 14.0. The van der Waals surface area contributed by atoms with E-state index >= 15 is 0 Å². The van der Waals surface area contributed by atoms with Crippen LogP contribution >= 0.6 is 0 Å². The monoisotopic (exact) mass is 234 g/mol. The molecule has 17 heavy (non-hydrogen) atoms. The fraction of sp³-hybridized carbons (Fsp3) is 0.600. The van der Waals surface area contributed by atoms with E-state index < -0.39 is 0 Å². The topological polar surface area (TPSA) is 15.3 Å². The van der Waals surface area contributed by atoms with Crippen molar-refractivity contribution in [1.82, 2.24) is 5.32 Å². The summed E-state index contributed by atoms with van der Waals surface area (Å²) in [5.74, 6) is 0. The smallest absolute Gasteiger partial charge is 0.0366 e. The van der Waals surface area contributed by atoms with E-state index in [0.29, 0.717) is 6.04 Å². The Morgan fingerprint density at radius 3 is 2.35 bits per heavy atom. The summed E-state index contributed by atoms with van der Waals surface area (Å²) in [6, 6.07) is 11.3. The van der Waals surface area contributed by atoms with Gasteiger partial charge in [0.25, 0.3) is 0 Å². The molecular weight excluding hydrogens is 208 g/mol. The third-order valence-corrected chi connectivity index (χ3v) is 3.12. The van der Waals surface area contributed by atoms with Gasteiger partial charge in [0.05, 0.1) is 0 Å². The number of anilines is 1. The van der Waals surface area contributed by atoms with Crippen molar-refractivity contribution in [3.63, 3.8) is 0 Å². The molecule has 1 aromatic rings. The minimum atomic E-state index is 0.593. The van der Waals surface area contributed by atoms with Crippen molar-refractivity contribution in [1.29, 1.82) is 0 Å². The van der Waals surface area contributed by atoms with Gasteiger partial charge in [0.15, 0.2) is 0 Å². The van der Waals surface area contributed by atoms with Crippen LogP contribution < -0.4 is 10.2 Å². The highest BCUT2D eigenvalue weighted by Crippen LogP contribution is 2.13. The van der Waals surface area contributed by atoms with Crippen LogP contribution in [-0.4, -0.2) is 25.7 Å². The molecule has 96 valence electrons. The Morgan fingerprint density at radius 2 is 1.82 bits per heavy atom. The van der Waals surface area contributed by atoms with Gasteiger partial charge < -0.3 is 10.2 Å². The molecule has 1 unspecified atom stereocenters. The third kappa shape index (κ3) is 4.78. The Labute approximate surface area is 106 Å². The zero-order valence-electron chi connectivity index (χ0n) is 11.4. The van der Waals surface area contributed by atoms with Crippen LogP contribution in [0.3, 0.4) is 0 Å². The van der Waals surface area contributed by atoms with E-state index in [1.807, 2.05) is 0 Å². The molecule has 0 saturated carbocycles. The van der Waals surface area contributed by atoms with Gasteiger partial charge in [-0.3, -0.25) is 0 Å². The lowest BCUT2D eigenvalue weighted by molar-refractivity contribution is 0.491. The first-order chi connectivity index (χ1) is 8.31. The second kappa shape index (κ2) is 8.13. The highest BCUT2D eigenvalue weighted by Gasteiger charge is 2.10. The normalized spacial score (nSPS) is 12.4. The van der Waals surface area contributed by atoms with Crippen molar-refractivity contribution in [3.8, 4) is 0 Å². The maximum Gasteiger partial charge on any atom is 0.0366 e. The minimum Gasteiger partial charge on any atom is -0.370 e. The molecule has 0 aliphatic rings. The maximum absolute atomic E-state index is 3.61. The molecule has 0 saturated heterocycles. The molecule has 0 amide bonds. The second-order valence-corrected chi connectivity index (χ2v) is 4.43. The van der Waals surface area contributed by atoms with Gasteiger partial charge in [0, 0.05) is 24.8 Å². The molecule has 0 spiro atoms. The predicted octanol–water partition coefficient (Wildman–Crippen LogP) is 3.29. The van der Waals surface area contributed by atoms with Crippen LogP contribution in [0.15, 0.2) is 30.3 Å². The quantitative estimate of drug-likeness (QED) is 0.742. The van der Waals surface area contributed by atoms with Crippen molar-refractivity contribution in [2.75, 3.05) is 24.5 Å². The summed E-state index contributed by atoms with van der Waals surface area (Å²) >= 11 is 0. The Balaban J connectivity index is 2.56. The molecule has 2 heteroatoms. The fourth-order valence-electron chi connectivity index (χ4n) is 2.01. The Hall–Kier alpha value is -1.02. The minimum absolute atomic E-state index is 0.593. The van der Waals surface area contributed by atoms with Crippen molar-refractivity contribution >= 4 is 5.69 Å². The van der Waals surface area contributed by atoms with E-state index in [-0.39, 0.29) is 0 Å². The maximum atomic E-state index is 3.61. The van der Waals surface area contributed by atoms with Crippen LogP contribution in [0.2, 0.25) is 0 Å². The highest BCUT2D eigenvalue weighted by atomic mass is 15.1. The molecule has 0 fully saturated rings. The van der Waals surface area contributed by atoms with Gasteiger partial charge in [-0.05, 0) is 38.4 Å². The highest BCUT2D eigenvalue weighted by molar-refractivity contribution is 5.45. The Kier molecular flexibility index (Phi) is 6.71. The molecule has 0 aromatic heterocycles. The number of hydrogen-bond donors (Lipinski definition) is 1. The lowest BCUT2D eigenvalue weighted by atomic mass is 10.2. The second-order valence-electron chi connectivity index (χ2n) is 4.43. The van der Waals surface area contributed by atoms with Gasteiger partial charge in [-0.15, -0.1) is 0 Å². The number of nitrogens with zero attached hydrogens (tertiary/aromatic N) is 1. The zero-order chi connectivity index (χ0) is 12.5. The molecular formula is C15H26N2. The summed E-state index contributed by atoms with van der Waals surface area (Å²) in [6.07, 6.45) is 2.39. The first-order valence-corrected chi connectivity index (χ1v) is 6.85. The fourth-order valence-corrected chi connectivity index (χ4v) is 2.01.